The summed E-state index contributed by atoms with van der Waals surface area (Å²) in [6.45, 7) is 2.65. The number of ether oxygens (including phenoxy) is 2. The molecule has 0 spiro atoms. The van der Waals surface area contributed by atoms with Crippen LogP contribution in [-0.4, -0.2) is 13.7 Å². The Morgan fingerprint density at radius 2 is 1.42 bits per heavy atom. The number of rotatable bonds is 8. The minimum atomic E-state index is -1.22. The normalized spacial score (nSPS) is 25.8. The summed E-state index contributed by atoms with van der Waals surface area (Å²) in [6, 6.07) is 4.32. The van der Waals surface area contributed by atoms with Gasteiger partial charge in [0.1, 0.15) is 0 Å². The summed E-state index contributed by atoms with van der Waals surface area (Å²) in [4.78, 5) is 0. The van der Waals surface area contributed by atoms with E-state index in [2.05, 4.69) is 6.92 Å². The molecule has 2 aromatic carbocycles. The lowest BCUT2D eigenvalue weighted by atomic mass is 9.69. The third kappa shape index (κ3) is 5.44. The summed E-state index contributed by atoms with van der Waals surface area (Å²) in [7, 11) is 1.29. The van der Waals surface area contributed by atoms with E-state index in [9.17, 15) is 13.2 Å². The van der Waals surface area contributed by atoms with Gasteiger partial charge in [0.2, 0.25) is 5.82 Å². The van der Waals surface area contributed by atoms with Crippen LogP contribution in [0.25, 0.3) is 10.8 Å². The van der Waals surface area contributed by atoms with Crippen molar-refractivity contribution in [2.75, 3.05) is 13.7 Å². The predicted octanol–water partition coefficient (Wildman–Crippen LogP) is 8.45. The van der Waals surface area contributed by atoms with Crippen molar-refractivity contribution in [2.24, 2.45) is 23.7 Å². The van der Waals surface area contributed by atoms with E-state index in [0.717, 1.165) is 30.6 Å². The smallest absolute Gasteiger partial charge is 0.201 e. The third-order valence-corrected chi connectivity index (χ3v) is 8.16. The number of unbranched alkanes of at least 4 members (excludes halogenated alkanes) is 1. The van der Waals surface area contributed by atoms with E-state index in [4.69, 9.17) is 9.47 Å². The molecule has 4 rings (SSSR count). The Morgan fingerprint density at radius 1 is 0.788 bits per heavy atom. The SMILES string of the molecule is CCCCC1CCC(C2CCC(COc3cc4ccc(OC)c(F)c4c(F)c3F)CC2)CC1. The number of hydrogen-bond donors (Lipinski definition) is 0. The highest BCUT2D eigenvalue weighted by atomic mass is 19.2. The van der Waals surface area contributed by atoms with Gasteiger partial charge in [0.15, 0.2) is 23.1 Å². The van der Waals surface area contributed by atoms with Crippen molar-refractivity contribution in [1.82, 2.24) is 0 Å². The van der Waals surface area contributed by atoms with Gasteiger partial charge in [0.05, 0.1) is 19.1 Å². The number of hydrogen-bond acceptors (Lipinski definition) is 2. The van der Waals surface area contributed by atoms with Crippen LogP contribution in [0.5, 0.6) is 11.5 Å². The van der Waals surface area contributed by atoms with Gasteiger partial charge in [-0.15, -0.1) is 0 Å². The fraction of sp³-hybridized carbons (Fsp3) is 0.643. The van der Waals surface area contributed by atoms with Gasteiger partial charge in [-0.2, -0.15) is 4.39 Å². The van der Waals surface area contributed by atoms with Gasteiger partial charge < -0.3 is 9.47 Å². The third-order valence-electron chi connectivity index (χ3n) is 8.16. The molecular formula is C28H37F3O2. The Morgan fingerprint density at radius 3 is 2.03 bits per heavy atom. The number of methoxy groups -OCH3 is 1. The molecule has 0 saturated heterocycles. The minimum absolute atomic E-state index is 0.110. The van der Waals surface area contributed by atoms with Crippen LogP contribution >= 0.6 is 0 Å². The molecule has 0 amide bonds. The first-order valence-electron chi connectivity index (χ1n) is 12.8. The molecule has 0 radical (unpaired) electrons. The highest BCUT2D eigenvalue weighted by molar-refractivity contribution is 5.86. The molecule has 182 valence electrons. The molecule has 0 atom stereocenters. The van der Waals surface area contributed by atoms with Crippen molar-refractivity contribution in [3.63, 3.8) is 0 Å². The van der Waals surface area contributed by atoms with E-state index < -0.39 is 22.8 Å². The molecule has 2 aromatic rings. The van der Waals surface area contributed by atoms with Crippen LogP contribution in [0.4, 0.5) is 13.2 Å². The Hall–Kier alpha value is -1.91. The Labute approximate surface area is 195 Å². The fourth-order valence-corrected chi connectivity index (χ4v) is 6.08. The van der Waals surface area contributed by atoms with Gasteiger partial charge >= 0.3 is 0 Å². The van der Waals surface area contributed by atoms with Crippen LogP contribution in [0.2, 0.25) is 0 Å². The zero-order valence-electron chi connectivity index (χ0n) is 20.0. The zero-order valence-corrected chi connectivity index (χ0v) is 20.0. The van der Waals surface area contributed by atoms with E-state index in [-0.39, 0.29) is 16.9 Å². The molecule has 0 aromatic heterocycles. The van der Waals surface area contributed by atoms with Gasteiger partial charge in [0.25, 0.3) is 0 Å². The molecule has 2 nitrogen and oxygen atoms in total. The number of fused-ring (bicyclic) bond motifs is 1. The molecule has 5 heteroatoms. The lowest BCUT2D eigenvalue weighted by molar-refractivity contribution is 0.120. The molecule has 0 aliphatic heterocycles. The van der Waals surface area contributed by atoms with E-state index >= 15 is 0 Å². The minimum Gasteiger partial charge on any atom is -0.494 e. The average Bonchev–Trinajstić information content (AvgIpc) is 2.85. The van der Waals surface area contributed by atoms with Crippen LogP contribution in [0.1, 0.15) is 77.6 Å². The average molecular weight is 463 g/mol. The first kappa shape index (κ1) is 24.2. The molecule has 2 saturated carbocycles. The van der Waals surface area contributed by atoms with Crippen molar-refractivity contribution >= 4 is 10.8 Å². The Balaban J connectivity index is 1.30. The van der Waals surface area contributed by atoms with Crippen molar-refractivity contribution in [3.8, 4) is 11.5 Å². The van der Waals surface area contributed by atoms with E-state index in [1.165, 1.54) is 83.1 Å². The second-order valence-corrected chi connectivity index (χ2v) is 10.2. The second kappa shape index (κ2) is 11.0. The predicted molar refractivity (Wildman–Crippen MR) is 126 cm³/mol. The van der Waals surface area contributed by atoms with Crippen molar-refractivity contribution in [2.45, 2.75) is 77.6 Å². The molecule has 0 heterocycles. The lowest BCUT2D eigenvalue weighted by Crippen LogP contribution is -2.27. The lowest BCUT2D eigenvalue weighted by Gasteiger charge is -2.38. The monoisotopic (exact) mass is 462 g/mol. The fourth-order valence-electron chi connectivity index (χ4n) is 6.08. The van der Waals surface area contributed by atoms with Gasteiger partial charge in [-0.1, -0.05) is 45.1 Å². The van der Waals surface area contributed by atoms with Crippen LogP contribution in [-0.2, 0) is 0 Å². The van der Waals surface area contributed by atoms with Crippen molar-refractivity contribution in [1.29, 1.82) is 0 Å². The quantitative estimate of drug-likeness (QED) is 0.392. The van der Waals surface area contributed by atoms with E-state index in [1.807, 2.05) is 0 Å². The maximum absolute atomic E-state index is 14.6. The molecule has 2 aliphatic rings. The topological polar surface area (TPSA) is 18.5 Å². The maximum Gasteiger partial charge on any atom is 0.201 e. The number of halogens is 3. The van der Waals surface area contributed by atoms with Gasteiger partial charge in [0, 0.05) is 0 Å². The number of benzene rings is 2. The summed E-state index contributed by atoms with van der Waals surface area (Å²) in [5.41, 5.74) is 0. The molecule has 33 heavy (non-hydrogen) atoms. The Kier molecular flexibility index (Phi) is 8.08. The molecule has 0 N–H and O–H groups in total. The van der Waals surface area contributed by atoms with Crippen LogP contribution in [0.15, 0.2) is 18.2 Å². The highest BCUT2D eigenvalue weighted by Crippen LogP contribution is 2.42. The zero-order chi connectivity index (χ0) is 23.4. The summed E-state index contributed by atoms with van der Waals surface area (Å²) in [6.07, 6.45) is 14.2. The molecule has 2 fully saturated rings. The summed E-state index contributed by atoms with van der Waals surface area (Å²) in [5.74, 6) is -0.538. The Bertz CT molecular complexity index is 929. The molecule has 2 aliphatic carbocycles. The van der Waals surface area contributed by atoms with Crippen LogP contribution < -0.4 is 9.47 Å². The second-order valence-electron chi connectivity index (χ2n) is 10.2. The van der Waals surface area contributed by atoms with Gasteiger partial charge in [-0.25, -0.2) is 8.78 Å². The van der Waals surface area contributed by atoms with Crippen molar-refractivity contribution in [3.05, 3.63) is 35.7 Å². The van der Waals surface area contributed by atoms with Crippen molar-refractivity contribution < 1.29 is 22.6 Å². The van der Waals surface area contributed by atoms with Gasteiger partial charge in [-0.05, 0) is 79.7 Å². The van der Waals surface area contributed by atoms with Crippen LogP contribution in [0.3, 0.4) is 0 Å². The largest absolute Gasteiger partial charge is 0.494 e. The first-order chi connectivity index (χ1) is 16.0. The molecule has 0 unspecified atom stereocenters. The van der Waals surface area contributed by atoms with E-state index in [1.54, 1.807) is 0 Å². The summed E-state index contributed by atoms with van der Waals surface area (Å²) in [5, 5.41) is -0.135. The summed E-state index contributed by atoms with van der Waals surface area (Å²) < 4.78 is 54.2. The molecule has 0 bridgehead atoms. The molecular weight excluding hydrogens is 425 g/mol. The highest BCUT2D eigenvalue weighted by Gasteiger charge is 2.31. The summed E-state index contributed by atoms with van der Waals surface area (Å²) >= 11 is 0. The van der Waals surface area contributed by atoms with E-state index in [0.29, 0.717) is 12.5 Å². The van der Waals surface area contributed by atoms with Gasteiger partial charge in [-0.3, -0.25) is 0 Å². The standard InChI is InChI=1S/C28H37F3O2/c1-3-4-5-18-6-10-20(11-7-18)21-12-8-19(9-13-21)17-33-24-16-22-14-15-23(32-2)26(29)25(22)28(31)27(24)30/h14-16,18-21H,3-13,17H2,1-2H3. The first-order valence-corrected chi connectivity index (χ1v) is 12.8. The van der Waals surface area contributed by atoms with Crippen LogP contribution in [0, 0.1) is 41.1 Å². The maximum atomic E-state index is 14.6.